The molecule has 0 saturated heterocycles. The zero-order valence-electron chi connectivity index (χ0n) is 18.9. The van der Waals surface area contributed by atoms with Gasteiger partial charge in [0.1, 0.15) is 6.10 Å². The van der Waals surface area contributed by atoms with E-state index in [-0.39, 0.29) is 53.7 Å². The van der Waals surface area contributed by atoms with Crippen molar-refractivity contribution in [1.82, 2.24) is 0 Å². The van der Waals surface area contributed by atoms with Crippen LogP contribution in [0.1, 0.15) is 80.6 Å². The lowest BCUT2D eigenvalue weighted by molar-refractivity contribution is -0.196. The summed E-state index contributed by atoms with van der Waals surface area (Å²) in [6.07, 6.45) is 2.59. The highest BCUT2D eigenvalue weighted by Crippen LogP contribution is 2.65. The van der Waals surface area contributed by atoms with Gasteiger partial charge in [-0.3, -0.25) is 19.2 Å². The topological polar surface area (TPSA) is 86.7 Å². The number of fused-ring (bicyclic) bond motifs is 1. The van der Waals surface area contributed by atoms with Crippen LogP contribution in [-0.4, -0.2) is 36.2 Å². The number of carbonyl (C=O) groups excluding carboxylic acids is 4. The van der Waals surface area contributed by atoms with Crippen LogP contribution in [0.25, 0.3) is 0 Å². The quantitative estimate of drug-likeness (QED) is 0.489. The third-order valence-corrected chi connectivity index (χ3v) is 7.81. The second kappa shape index (κ2) is 8.19. The van der Waals surface area contributed by atoms with E-state index in [0.717, 1.165) is 12.8 Å². The lowest BCUT2D eigenvalue weighted by Crippen LogP contribution is -2.61. The van der Waals surface area contributed by atoms with E-state index in [4.69, 9.17) is 9.47 Å². The molecule has 0 N–H and O–H groups in total. The fourth-order valence-electron chi connectivity index (χ4n) is 6.46. The van der Waals surface area contributed by atoms with Crippen molar-refractivity contribution in [3.63, 3.8) is 0 Å². The van der Waals surface area contributed by atoms with Crippen LogP contribution in [0.2, 0.25) is 0 Å². The molecule has 0 aromatic carbocycles. The van der Waals surface area contributed by atoms with Gasteiger partial charge < -0.3 is 9.47 Å². The molecule has 5 atom stereocenters. The van der Waals surface area contributed by atoms with Crippen LogP contribution in [0.5, 0.6) is 0 Å². The van der Waals surface area contributed by atoms with Crippen LogP contribution in [0.3, 0.4) is 0 Å². The molecule has 6 nitrogen and oxygen atoms in total. The van der Waals surface area contributed by atoms with Gasteiger partial charge in [0.2, 0.25) is 5.78 Å². The summed E-state index contributed by atoms with van der Waals surface area (Å²) in [6.45, 7) is 13.0. The second-order valence-corrected chi connectivity index (χ2v) is 9.92. The number of Topliss-reactive ketones (excluding diaryl/α,β-unsaturated/α-hetero) is 2. The lowest BCUT2D eigenvalue weighted by Gasteiger charge is -2.63. The Bertz CT molecular complexity index is 695. The molecule has 0 bridgehead atoms. The van der Waals surface area contributed by atoms with Crippen LogP contribution in [0, 0.1) is 28.1 Å². The van der Waals surface area contributed by atoms with E-state index >= 15 is 0 Å². The zero-order valence-corrected chi connectivity index (χ0v) is 18.9. The molecule has 2 aliphatic rings. The minimum Gasteiger partial charge on any atom is -0.466 e. The summed E-state index contributed by atoms with van der Waals surface area (Å²) in [5.74, 6) is -1.63. The molecule has 0 spiro atoms. The number of carbonyl (C=O) groups is 4. The highest BCUT2D eigenvalue weighted by Gasteiger charge is 2.63. The molecule has 0 aliphatic heterocycles. The summed E-state index contributed by atoms with van der Waals surface area (Å²) in [4.78, 5) is 49.1. The number of hydrogen-bond donors (Lipinski definition) is 0. The Morgan fingerprint density at radius 1 is 0.966 bits per heavy atom. The van der Waals surface area contributed by atoms with Crippen LogP contribution in [-0.2, 0) is 28.7 Å². The monoisotopic (exact) mass is 408 g/mol. The van der Waals surface area contributed by atoms with Crippen LogP contribution >= 0.6 is 0 Å². The van der Waals surface area contributed by atoms with E-state index in [1.165, 1.54) is 13.8 Å². The Hall–Kier alpha value is -1.72. The van der Waals surface area contributed by atoms with Crippen LogP contribution < -0.4 is 0 Å². The standard InChI is InChI=1S/C23H36O6/c1-8-28-19(26)13-17-22(6)12-10-18(29-15(3)25)21(4,5)16(22)9-11-23(17,7)20(27)14(2)24/h16-18H,8-13H2,1-7H3/t16-,17-,18-,22-,23-/m0/s1. The van der Waals surface area contributed by atoms with Gasteiger partial charge in [-0.15, -0.1) is 0 Å². The van der Waals surface area contributed by atoms with Crippen molar-refractivity contribution in [2.75, 3.05) is 6.61 Å². The van der Waals surface area contributed by atoms with Gasteiger partial charge in [-0.25, -0.2) is 0 Å². The maximum absolute atomic E-state index is 13.0. The molecule has 0 radical (unpaired) electrons. The minimum absolute atomic E-state index is 0.116. The van der Waals surface area contributed by atoms with Gasteiger partial charge in [-0.05, 0) is 49.9 Å². The number of esters is 2. The fourth-order valence-corrected chi connectivity index (χ4v) is 6.46. The molecular formula is C23H36O6. The van der Waals surface area contributed by atoms with Gasteiger partial charge in [0.05, 0.1) is 6.61 Å². The molecular weight excluding hydrogens is 372 g/mol. The summed E-state index contributed by atoms with van der Waals surface area (Å²) in [5, 5.41) is 0. The Labute approximate surface area is 174 Å². The molecule has 0 aromatic rings. The van der Waals surface area contributed by atoms with Crippen molar-refractivity contribution in [3.05, 3.63) is 0 Å². The molecule has 0 unspecified atom stereocenters. The van der Waals surface area contributed by atoms with Crippen molar-refractivity contribution in [3.8, 4) is 0 Å². The zero-order chi connectivity index (χ0) is 22.2. The van der Waals surface area contributed by atoms with E-state index in [9.17, 15) is 19.2 Å². The predicted octanol–water partition coefficient (Wildman–Crippen LogP) is 3.89. The molecule has 29 heavy (non-hydrogen) atoms. The van der Waals surface area contributed by atoms with Gasteiger partial charge in [0.25, 0.3) is 0 Å². The first-order valence-electron chi connectivity index (χ1n) is 10.7. The third kappa shape index (κ3) is 4.13. The van der Waals surface area contributed by atoms with E-state index in [1.54, 1.807) is 6.92 Å². The SMILES string of the molecule is CCOC(=O)C[C@H]1[C@@]2(C)CC[C@H](OC(C)=O)C(C)(C)[C@@H]2CC[C@]1(C)C(=O)C(C)=O. The van der Waals surface area contributed by atoms with Gasteiger partial charge in [0, 0.05) is 31.1 Å². The smallest absolute Gasteiger partial charge is 0.306 e. The van der Waals surface area contributed by atoms with Crippen molar-refractivity contribution >= 4 is 23.5 Å². The third-order valence-electron chi connectivity index (χ3n) is 7.81. The number of hydrogen-bond acceptors (Lipinski definition) is 6. The second-order valence-electron chi connectivity index (χ2n) is 9.92. The molecule has 164 valence electrons. The average Bonchev–Trinajstić information content (AvgIpc) is 2.60. The van der Waals surface area contributed by atoms with Crippen molar-refractivity contribution in [1.29, 1.82) is 0 Å². The molecule has 0 amide bonds. The molecule has 2 fully saturated rings. The molecule has 0 aromatic heterocycles. The average molecular weight is 409 g/mol. The maximum Gasteiger partial charge on any atom is 0.306 e. The highest BCUT2D eigenvalue weighted by molar-refractivity contribution is 6.38. The summed E-state index contributed by atoms with van der Waals surface area (Å²) in [5.41, 5.74) is -1.54. The number of ether oxygens (including phenoxy) is 2. The minimum atomic E-state index is -0.895. The maximum atomic E-state index is 13.0. The Morgan fingerprint density at radius 2 is 1.59 bits per heavy atom. The van der Waals surface area contributed by atoms with Crippen molar-refractivity contribution < 1.29 is 28.7 Å². The number of ketones is 2. The van der Waals surface area contributed by atoms with E-state index in [0.29, 0.717) is 12.8 Å². The Balaban J connectivity index is 2.49. The van der Waals surface area contributed by atoms with E-state index in [2.05, 4.69) is 20.8 Å². The largest absolute Gasteiger partial charge is 0.466 e. The van der Waals surface area contributed by atoms with E-state index < -0.39 is 17.0 Å². The lowest BCUT2D eigenvalue weighted by atomic mass is 9.41. The van der Waals surface area contributed by atoms with Crippen LogP contribution in [0.15, 0.2) is 0 Å². The summed E-state index contributed by atoms with van der Waals surface area (Å²) in [7, 11) is 0. The summed E-state index contributed by atoms with van der Waals surface area (Å²) in [6, 6.07) is 0. The van der Waals surface area contributed by atoms with Gasteiger partial charge in [0.15, 0.2) is 5.78 Å². The fraction of sp³-hybridized carbons (Fsp3) is 0.826. The number of rotatable bonds is 6. The van der Waals surface area contributed by atoms with Gasteiger partial charge >= 0.3 is 11.9 Å². The molecule has 6 heteroatoms. The first-order chi connectivity index (χ1) is 13.3. The predicted molar refractivity (Wildman–Crippen MR) is 108 cm³/mol. The molecule has 2 rings (SSSR count). The van der Waals surface area contributed by atoms with Gasteiger partial charge in [-0.2, -0.15) is 0 Å². The normalized spacial score (nSPS) is 35.9. The Kier molecular flexibility index (Phi) is 6.65. The molecule has 2 saturated carbocycles. The van der Waals surface area contributed by atoms with Gasteiger partial charge in [-0.1, -0.05) is 27.7 Å². The Morgan fingerprint density at radius 3 is 2.10 bits per heavy atom. The summed E-state index contributed by atoms with van der Waals surface area (Å²) >= 11 is 0. The van der Waals surface area contributed by atoms with Crippen molar-refractivity contribution in [2.24, 2.45) is 28.1 Å². The summed E-state index contributed by atoms with van der Waals surface area (Å²) < 4.78 is 10.9. The first kappa shape index (κ1) is 23.6. The molecule has 0 heterocycles. The van der Waals surface area contributed by atoms with E-state index in [1.807, 2.05) is 6.92 Å². The van der Waals surface area contributed by atoms with Crippen LogP contribution in [0.4, 0.5) is 0 Å². The molecule has 2 aliphatic carbocycles. The highest BCUT2D eigenvalue weighted by atomic mass is 16.5. The first-order valence-corrected chi connectivity index (χ1v) is 10.7. The van der Waals surface area contributed by atoms with Crippen molar-refractivity contribution in [2.45, 2.75) is 86.7 Å².